The maximum Gasteiger partial charge on any atom is 0.163 e. The van der Waals surface area contributed by atoms with Gasteiger partial charge in [-0.15, -0.1) is 6.58 Å². The maximum atomic E-state index is 11.7. The van der Waals surface area contributed by atoms with Gasteiger partial charge in [-0.3, -0.25) is 4.79 Å². The molecule has 0 spiro atoms. The minimum Gasteiger partial charge on any atom is -0.497 e. The summed E-state index contributed by atoms with van der Waals surface area (Å²) in [7, 11) is 1.61. The molecule has 0 saturated heterocycles. The number of Topliss-reactive ketones (excluding diaryl/α,β-unsaturated/α-hetero) is 1. The quantitative estimate of drug-likeness (QED) is 0.543. The van der Waals surface area contributed by atoms with Crippen LogP contribution in [0.25, 0.3) is 0 Å². The number of hydrogen-bond donors (Lipinski definition) is 0. The van der Waals surface area contributed by atoms with E-state index in [0.717, 1.165) is 23.3 Å². The fourth-order valence-corrected chi connectivity index (χ4v) is 1.25. The van der Waals surface area contributed by atoms with Crippen molar-refractivity contribution in [1.82, 2.24) is 0 Å². The van der Waals surface area contributed by atoms with Gasteiger partial charge in [0.2, 0.25) is 0 Å². The molecule has 1 aromatic rings. The van der Waals surface area contributed by atoms with E-state index in [-0.39, 0.29) is 5.78 Å². The van der Waals surface area contributed by atoms with Crippen LogP contribution >= 0.6 is 0 Å². The lowest BCUT2D eigenvalue weighted by Gasteiger charge is -2.02. The fraction of sp³-hybridized carbons (Fsp3) is 0.308. The maximum absolute atomic E-state index is 11.7. The summed E-state index contributed by atoms with van der Waals surface area (Å²) in [5, 5.41) is 0. The van der Waals surface area contributed by atoms with E-state index < -0.39 is 0 Å². The molecule has 15 heavy (non-hydrogen) atoms. The average Bonchev–Trinajstić information content (AvgIpc) is 2.26. The van der Waals surface area contributed by atoms with Crippen LogP contribution in [0.4, 0.5) is 0 Å². The lowest BCUT2D eigenvalue weighted by Crippen LogP contribution is -1.98. The normalized spacial score (nSPS) is 9.73. The Morgan fingerprint density at radius 2 is 1.87 bits per heavy atom. The zero-order valence-electron chi connectivity index (χ0n) is 9.25. The number of methoxy groups -OCH3 is 1. The zero-order chi connectivity index (χ0) is 11.3. The lowest BCUT2D eigenvalue weighted by atomic mass is 10.0. The molecule has 0 radical (unpaired) electrons. The molecule has 0 atom stereocenters. The predicted octanol–water partition coefficient (Wildman–Crippen LogP) is 3.23. The van der Waals surface area contributed by atoms with Gasteiger partial charge in [-0.1, -0.05) is 5.57 Å². The van der Waals surface area contributed by atoms with Gasteiger partial charge in [0.15, 0.2) is 5.78 Å². The number of carbonyl (C=O) groups excluding carboxylic acids is 1. The Bertz CT molecular complexity index is 349. The van der Waals surface area contributed by atoms with E-state index in [1.165, 1.54) is 0 Å². The van der Waals surface area contributed by atoms with Crippen molar-refractivity contribution in [3.63, 3.8) is 0 Å². The topological polar surface area (TPSA) is 26.3 Å². The minimum absolute atomic E-state index is 0.153. The van der Waals surface area contributed by atoms with E-state index in [4.69, 9.17) is 4.74 Å². The van der Waals surface area contributed by atoms with Gasteiger partial charge in [0.1, 0.15) is 5.75 Å². The molecule has 0 aliphatic rings. The summed E-state index contributed by atoms with van der Waals surface area (Å²) in [4.78, 5) is 11.7. The SMILES string of the molecule is C=C(C)CCC(=O)c1ccc(OC)cc1. The largest absolute Gasteiger partial charge is 0.497 e. The van der Waals surface area contributed by atoms with Crippen molar-refractivity contribution in [3.05, 3.63) is 42.0 Å². The van der Waals surface area contributed by atoms with Crippen LogP contribution in [-0.2, 0) is 0 Å². The highest BCUT2D eigenvalue weighted by atomic mass is 16.5. The molecule has 0 bridgehead atoms. The summed E-state index contributed by atoms with van der Waals surface area (Å²) in [6.07, 6.45) is 1.28. The van der Waals surface area contributed by atoms with E-state index in [9.17, 15) is 4.79 Å². The molecule has 0 aliphatic carbocycles. The van der Waals surface area contributed by atoms with Crippen LogP contribution in [0.15, 0.2) is 36.4 Å². The molecule has 0 fully saturated rings. The molecule has 2 nitrogen and oxygen atoms in total. The van der Waals surface area contributed by atoms with E-state index in [1.807, 2.05) is 6.92 Å². The van der Waals surface area contributed by atoms with Gasteiger partial charge >= 0.3 is 0 Å². The fourth-order valence-electron chi connectivity index (χ4n) is 1.25. The van der Waals surface area contributed by atoms with Crippen molar-refractivity contribution in [2.24, 2.45) is 0 Å². The molecule has 1 rings (SSSR count). The monoisotopic (exact) mass is 204 g/mol. The van der Waals surface area contributed by atoms with Crippen molar-refractivity contribution in [1.29, 1.82) is 0 Å². The van der Waals surface area contributed by atoms with Crippen LogP contribution in [-0.4, -0.2) is 12.9 Å². The van der Waals surface area contributed by atoms with Crippen molar-refractivity contribution in [2.75, 3.05) is 7.11 Å². The second-order valence-corrected chi connectivity index (χ2v) is 3.61. The van der Waals surface area contributed by atoms with E-state index >= 15 is 0 Å². The Morgan fingerprint density at radius 3 is 2.33 bits per heavy atom. The first kappa shape index (κ1) is 11.5. The molecular weight excluding hydrogens is 188 g/mol. The summed E-state index contributed by atoms with van der Waals surface area (Å²) in [5.41, 5.74) is 1.77. The first-order valence-electron chi connectivity index (χ1n) is 4.95. The number of benzene rings is 1. The van der Waals surface area contributed by atoms with Crippen molar-refractivity contribution in [3.8, 4) is 5.75 Å². The highest BCUT2D eigenvalue weighted by Crippen LogP contribution is 2.14. The molecular formula is C13H16O2. The molecule has 2 heteroatoms. The van der Waals surface area contributed by atoms with Crippen molar-refractivity contribution >= 4 is 5.78 Å². The van der Waals surface area contributed by atoms with Gasteiger partial charge in [0, 0.05) is 12.0 Å². The molecule has 0 aliphatic heterocycles. The molecule has 1 aromatic carbocycles. The summed E-state index contributed by atoms with van der Waals surface area (Å²) in [6.45, 7) is 5.71. The van der Waals surface area contributed by atoms with Crippen LogP contribution < -0.4 is 4.74 Å². The zero-order valence-corrected chi connectivity index (χ0v) is 9.25. The van der Waals surface area contributed by atoms with Crippen molar-refractivity contribution in [2.45, 2.75) is 19.8 Å². The first-order valence-corrected chi connectivity index (χ1v) is 4.95. The number of ether oxygens (including phenoxy) is 1. The van der Waals surface area contributed by atoms with Gasteiger partial charge in [-0.05, 0) is 37.6 Å². The van der Waals surface area contributed by atoms with Crippen LogP contribution in [0.3, 0.4) is 0 Å². The van der Waals surface area contributed by atoms with E-state index in [1.54, 1.807) is 31.4 Å². The third kappa shape index (κ3) is 3.58. The smallest absolute Gasteiger partial charge is 0.163 e. The lowest BCUT2D eigenvalue weighted by molar-refractivity contribution is 0.0983. The molecule has 0 saturated carbocycles. The Kier molecular flexibility index (Phi) is 4.10. The van der Waals surface area contributed by atoms with Crippen LogP contribution in [0, 0.1) is 0 Å². The highest BCUT2D eigenvalue weighted by Gasteiger charge is 2.05. The number of ketones is 1. The Morgan fingerprint density at radius 1 is 1.27 bits per heavy atom. The molecule has 0 aromatic heterocycles. The van der Waals surface area contributed by atoms with Crippen molar-refractivity contribution < 1.29 is 9.53 Å². The molecule has 0 unspecified atom stereocenters. The average molecular weight is 204 g/mol. The minimum atomic E-state index is 0.153. The van der Waals surface area contributed by atoms with E-state index in [0.29, 0.717) is 6.42 Å². The van der Waals surface area contributed by atoms with Gasteiger partial charge < -0.3 is 4.74 Å². The third-order valence-electron chi connectivity index (χ3n) is 2.19. The van der Waals surface area contributed by atoms with Crippen LogP contribution in [0.1, 0.15) is 30.1 Å². The Hall–Kier alpha value is -1.57. The van der Waals surface area contributed by atoms with Gasteiger partial charge in [-0.25, -0.2) is 0 Å². The van der Waals surface area contributed by atoms with E-state index in [2.05, 4.69) is 6.58 Å². The second-order valence-electron chi connectivity index (χ2n) is 3.61. The Labute approximate surface area is 90.6 Å². The number of allylic oxidation sites excluding steroid dienone is 1. The van der Waals surface area contributed by atoms with Gasteiger partial charge in [0.25, 0.3) is 0 Å². The van der Waals surface area contributed by atoms with Gasteiger partial charge in [-0.2, -0.15) is 0 Å². The summed E-state index contributed by atoms with van der Waals surface area (Å²) >= 11 is 0. The third-order valence-corrected chi connectivity index (χ3v) is 2.19. The summed E-state index contributed by atoms with van der Waals surface area (Å²) in [6, 6.07) is 7.18. The predicted molar refractivity (Wildman–Crippen MR) is 61.4 cm³/mol. The summed E-state index contributed by atoms with van der Waals surface area (Å²) < 4.78 is 5.02. The summed E-state index contributed by atoms with van der Waals surface area (Å²) in [5.74, 6) is 0.923. The first-order chi connectivity index (χ1) is 7.13. The molecule has 0 N–H and O–H groups in total. The number of hydrogen-bond acceptors (Lipinski definition) is 2. The number of rotatable bonds is 5. The molecule has 0 heterocycles. The van der Waals surface area contributed by atoms with Crippen LogP contribution in [0.2, 0.25) is 0 Å². The highest BCUT2D eigenvalue weighted by molar-refractivity contribution is 5.96. The standard InChI is InChI=1S/C13H16O2/c1-10(2)4-9-13(14)11-5-7-12(15-3)8-6-11/h5-8H,1,4,9H2,2-3H3. The number of carbonyl (C=O) groups is 1. The van der Waals surface area contributed by atoms with Gasteiger partial charge in [0.05, 0.1) is 7.11 Å². The molecule has 80 valence electrons. The van der Waals surface area contributed by atoms with Crippen LogP contribution in [0.5, 0.6) is 5.75 Å². The Balaban J connectivity index is 2.62. The second kappa shape index (κ2) is 5.35. The molecule has 0 amide bonds.